The molecule has 2 aliphatic rings. The third-order valence-electron chi connectivity index (χ3n) is 8.38. The maximum Gasteiger partial charge on any atom is 0.410 e. The van der Waals surface area contributed by atoms with Gasteiger partial charge >= 0.3 is 6.09 Å². The van der Waals surface area contributed by atoms with E-state index in [2.05, 4.69) is 0 Å². The van der Waals surface area contributed by atoms with Gasteiger partial charge in [-0.2, -0.15) is 8.42 Å². The zero-order valence-corrected chi connectivity index (χ0v) is 28.9. The van der Waals surface area contributed by atoms with Crippen LogP contribution < -0.4 is 5.73 Å². The van der Waals surface area contributed by atoms with Crippen molar-refractivity contribution in [3.63, 3.8) is 0 Å². The Morgan fingerprint density at radius 2 is 1.55 bits per heavy atom. The highest BCUT2D eigenvalue weighted by molar-refractivity contribution is 7.85. The molecule has 2 atom stereocenters. The summed E-state index contributed by atoms with van der Waals surface area (Å²) in [6.07, 6.45) is 0.584. The Labute approximate surface area is 286 Å². The molecule has 3 aromatic carbocycles. The summed E-state index contributed by atoms with van der Waals surface area (Å²) in [5.74, 6) is -0.766. The molecule has 0 aliphatic carbocycles. The smallest absolute Gasteiger partial charge is 0.410 e. The molecule has 3 aromatic rings. The molecule has 5 rings (SSSR count). The molecule has 2 heterocycles. The molecule has 2 aliphatic heterocycles. The van der Waals surface area contributed by atoms with E-state index in [9.17, 15) is 26.8 Å². The van der Waals surface area contributed by atoms with Gasteiger partial charge in [0.15, 0.2) is 0 Å². The van der Waals surface area contributed by atoms with Crippen molar-refractivity contribution in [1.82, 2.24) is 9.80 Å². The van der Waals surface area contributed by atoms with Crippen molar-refractivity contribution in [1.29, 1.82) is 0 Å². The van der Waals surface area contributed by atoms with E-state index < -0.39 is 28.1 Å². The van der Waals surface area contributed by atoms with Crippen LogP contribution in [0.1, 0.15) is 49.8 Å². The number of likely N-dealkylation sites (tertiary alicyclic amines) is 2. The minimum Gasteiger partial charge on any atom is -0.447 e. The molecule has 13 heteroatoms. The van der Waals surface area contributed by atoms with E-state index in [1.165, 1.54) is 23.1 Å². The van der Waals surface area contributed by atoms with Crippen molar-refractivity contribution < 1.29 is 40.8 Å². The summed E-state index contributed by atoms with van der Waals surface area (Å²) in [5.41, 5.74) is 9.92. The van der Waals surface area contributed by atoms with Crippen molar-refractivity contribution in [3.8, 4) is 11.1 Å². The first-order valence-corrected chi connectivity index (χ1v) is 17.8. The maximum atomic E-state index is 14.9. The lowest BCUT2D eigenvalue weighted by molar-refractivity contribution is -0.131. The van der Waals surface area contributed by atoms with Gasteiger partial charge in [-0.3, -0.25) is 9.35 Å². The zero-order chi connectivity index (χ0) is 35.7. The Kier molecular flexibility index (Phi) is 13.3. The Morgan fingerprint density at radius 1 is 0.939 bits per heavy atom. The van der Waals surface area contributed by atoms with E-state index in [4.69, 9.17) is 19.8 Å². The van der Waals surface area contributed by atoms with E-state index in [1.807, 2.05) is 51.1 Å². The van der Waals surface area contributed by atoms with Crippen LogP contribution in [0.5, 0.6) is 0 Å². The number of hydrogen-bond acceptors (Lipinski definition) is 7. The van der Waals surface area contributed by atoms with Gasteiger partial charge in [-0.25, -0.2) is 13.6 Å². The summed E-state index contributed by atoms with van der Waals surface area (Å²) in [6.45, 7) is 7.62. The summed E-state index contributed by atoms with van der Waals surface area (Å²) in [4.78, 5) is 27.5. The van der Waals surface area contributed by atoms with Gasteiger partial charge in [-0.05, 0) is 86.9 Å². The number of amides is 2. The van der Waals surface area contributed by atoms with Gasteiger partial charge in [-0.15, -0.1) is 0 Å². The van der Waals surface area contributed by atoms with Crippen LogP contribution in [0.25, 0.3) is 11.1 Å². The average molecular weight is 702 g/mol. The molecule has 0 unspecified atom stereocenters. The topological polar surface area (TPSA) is 139 Å². The van der Waals surface area contributed by atoms with E-state index in [0.717, 1.165) is 35.1 Å². The number of halogens is 2. The van der Waals surface area contributed by atoms with Crippen LogP contribution in [0, 0.1) is 12.7 Å². The van der Waals surface area contributed by atoms with Crippen molar-refractivity contribution >= 4 is 22.1 Å². The molecule has 3 N–H and O–H groups in total. The van der Waals surface area contributed by atoms with E-state index in [-0.39, 0.29) is 42.1 Å². The van der Waals surface area contributed by atoms with Crippen molar-refractivity contribution in [3.05, 3.63) is 89.2 Å². The van der Waals surface area contributed by atoms with Gasteiger partial charge in [-0.1, -0.05) is 54.1 Å². The Morgan fingerprint density at radius 3 is 2.10 bits per heavy atom. The number of piperidine rings is 1. The highest BCUT2D eigenvalue weighted by atomic mass is 32.2. The lowest BCUT2D eigenvalue weighted by Gasteiger charge is -2.31. The number of aryl methyl sites for hydroxylation is 1. The number of nitrogens with two attached hydrogens (primary N) is 1. The number of rotatable bonds is 9. The monoisotopic (exact) mass is 701 g/mol. The fourth-order valence-corrected chi connectivity index (χ4v) is 6.05. The summed E-state index contributed by atoms with van der Waals surface area (Å²) >= 11 is 0. The molecule has 0 saturated carbocycles. The minimum atomic E-state index is -4.02. The van der Waals surface area contributed by atoms with Gasteiger partial charge in [0.05, 0.1) is 36.3 Å². The number of nitrogens with zero attached hydrogens (tertiary/aromatic N) is 2. The predicted octanol–water partition coefficient (Wildman–Crippen LogP) is 5.70. The van der Waals surface area contributed by atoms with E-state index in [0.29, 0.717) is 38.2 Å². The molecule has 0 bridgehead atoms. The number of benzene rings is 3. The molecule has 0 radical (unpaired) electrons. The molecular formula is C36H45F2N3O7S. The van der Waals surface area contributed by atoms with Crippen LogP contribution in [0.4, 0.5) is 13.6 Å². The standard InChI is InChI=1S/C29H37F2N3O4.C7H8O3S/c1-19(2)38-29(36)33-13-10-25(11-14-33)37-18-20-3-5-21(6-4-20)22-7-8-23(26(31)15-22)16-27(32)28(35)34-12-9-24(30)17-34;1-6-2-4-7(5-3-6)11(8,9)10/h3-8,15,19,24-25,27H,9-14,16-18,32H2,1-2H3;2-5H,1H3,(H,8,9,10)/t24-,27-;/m0./s1. The summed E-state index contributed by atoms with van der Waals surface area (Å²) in [5, 5.41) is 0. The van der Waals surface area contributed by atoms with Gasteiger partial charge in [0.2, 0.25) is 5.91 Å². The molecule has 2 amide bonds. The van der Waals surface area contributed by atoms with Crippen molar-refractivity contribution in [2.45, 2.75) is 82.4 Å². The molecule has 2 fully saturated rings. The second-order valence-corrected chi connectivity index (χ2v) is 14.1. The van der Waals surface area contributed by atoms with Crippen molar-refractivity contribution in [2.75, 3.05) is 26.2 Å². The summed E-state index contributed by atoms with van der Waals surface area (Å²) in [6, 6.07) is 17.8. The first-order valence-electron chi connectivity index (χ1n) is 16.4. The number of carbonyl (C=O) groups is 2. The lowest BCUT2D eigenvalue weighted by atomic mass is 9.99. The number of alkyl halides is 1. The molecule has 10 nitrogen and oxygen atoms in total. The quantitative estimate of drug-likeness (QED) is 0.271. The van der Waals surface area contributed by atoms with Crippen LogP contribution in [0.3, 0.4) is 0 Å². The molecule has 2 saturated heterocycles. The first-order chi connectivity index (χ1) is 23.2. The highest BCUT2D eigenvalue weighted by Crippen LogP contribution is 2.25. The molecular weight excluding hydrogens is 656 g/mol. The number of hydrogen-bond donors (Lipinski definition) is 2. The molecule has 266 valence electrons. The Bertz CT molecular complexity index is 1660. The molecule has 0 aromatic heterocycles. The van der Waals surface area contributed by atoms with Crippen molar-refractivity contribution in [2.24, 2.45) is 5.73 Å². The van der Waals surface area contributed by atoms with Crippen LogP contribution in [-0.4, -0.2) is 85.4 Å². The van der Waals surface area contributed by atoms with Gasteiger partial charge < -0.3 is 25.0 Å². The first kappa shape index (κ1) is 37.9. The van der Waals surface area contributed by atoms with Gasteiger partial charge in [0.25, 0.3) is 10.1 Å². The highest BCUT2D eigenvalue weighted by Gasteiger charge is 2.29. The van der Waals surface area contributed by atoms with Gasteiger partial charge in [0, 0.05) is 19.6 Å². The average Bonchev–Trinajstić information content (AvgIpc) is 3.50. The minimum absolute atomic E-state index is 0.0587. The van der Waals surface area contributed by atoms with Crippen LogP contribution in [0.2, 0.25) is 0 Å². The number of carbonyl (C=O) groups excluding carboxylic acids is 2. The lowest BCUT2D eigenvalue weighted by Crippen LogP contribution is -2.44. The fraction of sp³-hybridized carbons (Fsp3) is 0.444. The van der Waals surface area contributed by atoms with Crippen LogP contribution >= 0.6 is 0 Å². The maximum absolute atomic E-state index is 14.9. The largest absolute Gasteiger partial charge is 0.447 e. The molecule has 49 heavy (non-hydrogen) atoms. The third kappa shape index (κ3) is 11.3. The third-order valence-corrected chi connectivity index (χ3v) is 9.25. The van der Waals surface area contributed by atoms with Gasteiger partial charge in [0.1, 0.15) is 12.0 Å². The second kappa shape index (κ2) is 17.1. The van der Waals surface area contributed by atoms with Crippen LogP contribution in [0.15, 0.2) is 71.6 Å². The Balaban J connectivity index is 0.000000418. The van der Waals surface area contributed by atoms with E-state index >= 15 is 0 Å². The normalized spacial score (nSPS) is 17.4. The predicted molar refractivity (Wildman–Crippen MR) is 182 cm³/mol. The zero-order valence-electron chi connectivity index (χ0n) is 28.1. The fourth-order valence-electron chi connectivity index (χ4n) is 5.57. The Hall–Kier alpha value is -3.91. The summed E-state index contributed by atoms with van der Waals surface area (Å²) < 4.78 is 69.1. The number of ether oxygens (including phenoxy) is 2. The summed E-state index contributed by atoms with van der Waals surface area (Å²) in [7, 11) is -4.02. The van der Waals surface area contributed by atoms with E-state index in [1.54, 1.807) is 23.1 Å². The SMILES string of the molecule is CC(C)OC(=O)N1CCC(OCc2ccc(-c3ccc(C[C@H](N)C(=O)N4CC[C@H](F)C4)c(F)c3)cc2)CC1.Cc1ccc(S(=O)(=O)O)cc1. The second-order valence-electron chi connectivity index (χ2n) is 12.7. The molecule has 0 spiro atoms. The van der Waals surface area contributed by atoms with Crippen LogP contribution in [-0.2, 0) is 37.4 Å².